The molecule has 1 aliphatic carbocycles. The van der Waals surface area contributed by atoms with Gasteiger partial charge in [-0.3, -0.25) is 14.4 Å². The number of aromatic nitrogens is 2. The number of nitrogens with zero attached hydrogens (tertiary/aromatic N) is 4. The van der Waals surface area contributed by atoms with Gasteiger partial charge in [-0.05, 0) is 39.5 Å². The average molecular weight is 330 g/mol. The summed E-state index contributed by atoms with van der Waals surface area (Å²) in [5.74, 6) is 0.583. The molecule has 0 aromatic carbocycles. The van der Waals surface area contributed by atoms with Crippen LogP contribution in [0.25, 0.3) is 0 Å². The molecule has 1 fully saturated rings. The van der Waals surface area contributed by atoms with Gasteiger partial charge < -0.3 is 4.90 Å². The third-order valence-corrected chi connectivity index (χ3v) is 5.11. The third-order valence-electron chi connectivity index (χ3n) is 5.11. The highest BCUT2D eigenvalue weighted by Crippen LogP contribution is 2.21. The van der Waals surface area contributed by atoms with E-state index in [4.69, 9.17) is 0 Å². The van der Waals surface area contributed by atoms with Gasteiger partial charge in [-0.25, -0.2) is 0 Å². The first-order valence-electron chi connectivity index (χ1n) is 9.32. The van der Waals surface area contributed by atoms with Crippen LogP contribution in [0.3, 0.4) is 0 Å². The van der Waals surface area contributed by atoms with Gasteiger partial charge in [0.25, 0.3) is 0 Å². The van der Waals surface area contributed by atoms with Gasteiger partial charge in [-0.15, -0.1) is 0 Å². The summed E-state index contributed by atoms with van der Waals surface area (Å²) in [7, 11) is 0. The Morgan fingerprint density at radius 2 is 2.12 bits per heavy atom. The summed E-state index contributed by atoms with van der Waals surface area (Å²) in [5, 5.41) is 4.43. The molecule has 5 heteroatoms. The zero-order valence-corrected chi connectivity index (χ0v) is 15.0. The SMILES string of the molecule is CC(C)n1cc(CN2CCCN(C(=O)[C@@H]3CC=CCC3)CC2)cn1. The van der Waals surface area contributed by atoms with Crippen molar-refractivity contribution < 1.29 is 4.79 Å². The molecule has 0 saturated carbocycles. The largest absolute Gasteiger partial charge is 0.341 e. The Bertz CT molecular complexity index is 578. The number of carbonyl (C=O) groups is 1. The second-order valence-corrected chi connectivity index (χ2v) is 7.36. The molecule has 24 heavy (non-hydrogen) atoms. The topological polar surface area (TPSA) is 41.4 Å². The monoisotopic (exact) mass is 330 g/mol. The maximum absolute atomic E-state index is 12.7. The van der Waals surface area contributed by atoms with Gasteiger partial charge in [0.2, 0.25) is 5.91 Å². The summed E-state index contributed by atoms with van der Waals surface area (Å²) in [6.45, 7) is 9.00. The molecule has 1 atom stereocenters. The van der Waals surface area contributed by atoms with Gasteiger partial charge in [0.05, 0.1) is 6.20 Å². The molecule has 2 aliphatic rings. The fourth-order valence-corrected chi connectivity index (χ4v) is 3.63. The lowest BCUT2D eigenvalue weighted by Crippen LogP contribution is -2.39. The van der Waals surface area contributed by atoms with Crippen LogP contribution in [0.15, 0.2) is 24.5 Å². The minimum atomic E-state index is 0.214. The molecule has 0 N–H and O–H groups in total. The smallest absolute Gasteiger partial charge is 0.226 e. The highest BCUT2D eigenvalue weighted by molar-refractivity contribution is 5.79. The van der Waals surface area contributed by atoms with Crippen molar-refractivity contribution in [3.8, 4) is 0 Å². The van der Waals surface area contributed by atoms with Crippen molar-refractivity contribution in [2.24, 2.45) is 5.92 Å². The lowest BCUT2D eigenvalue weighted by atomic mass is 9.93. The second kappa shape index (κ2) is 7.97. The Kier molecular flexibility index (Phi) is 5.72. The van der Waals surface area contributed by atoms with E-state index in [0.717, 1.165) is 58.4 Å². The highest BCUT2D eigenvalue weighted by Gasteiger charge is 2.26. The van der Waals surface area contributed by atoms with Crippen LogP contribution in [0.1, 0.15) is 51.1 Å². The molecule has 0 unspecified atom stereocenters. The molecule has 132 valence electrons. The van der Waals surface area contributed by atoms with Crippen LogP contribution in [0, 0.1) is 5.92 Å². The van der Waals surface area contributed by atoms with Gasteiger partial charge in [0.15, 0.2) is 0 Å². The maximum Gasteiger partial charge on any atom is 0.226 e. The van der Waals surface area contributed by atoms with Gasteiger partial charge in [0, 0.05) is 56.4 Å². The molecule has 1 amide bonds. The second-order valence-electron chi connectivity index (χ2n) is 7.36. The van der Waals surface area contributed by atoms with Crippen LogP contribution in [0.4, 0.5) is 0 Å². The van der Waals surface area contributed by atoms with E-state index in [-0.39, 0.29) is 5.92 Å². The lowest BCUT2D eigenvalue weighted by Gasteiger charge is -2.27. The molecular weight excluding hydrogens is 300 g/mol. The Morgan fingerprint density at radius 3 is 2.83 bits per heavy atom. The Labute approximate surface area is 145 Å². The first-order chi connectivity index (χ1) is 11.6. The van der Waals surface area contributed by atoms with E-state index in [2.05, 4.69) is 47.1 Å². The Hall–Kier alpha value is -1.62. The number of amides is 1. The predicted octanol–water partition coefficient (Wildman–Crippen LogP) is 2.85. The summed E-state index contributed by atoms with van der Waals surface area (Å²) in [4.78, 5) is 17.3. The molecule has 0 bridgehead atoms. The quantitative estimate of drug-likeness (QED) is 0.797. The molecule has 3 rings (SSSR count). The van der Waals surface area contributed by atoms with Gasteiger partial charge in [-0.2, -0.15) is 5.10 Å². The molecule has 0 radical (unpaired) electrons. The van der Waals surface area contributed by atoms with E-state index in [9.17, 15) is 4.79 Å². The third kappa shape index (κ3) is 4.26. The molecule has 1 aromatic rings. The van der Waals surface area contributed by atoms with Crippen molar-refractivity contribution in [1.29, 1.82) is 0 Å². The van der Waals surface area contributed by atoms with Crippen molar-refractivity contribution >= 4 is 5.91 Å². The van der Waals surface area contributed by atoms with Crippen LogP contribution in [0.2, 0.25) is 0 Å². The summed E-state index contributed by atoms with van der Waals surface area (Å²) in [6.07, 6.45) is 12.5. The van der Waals surface area contributed by atoms with Crippen molar-refractivity contribution in [2.75, 3.05) is 26.2 Å². The molecule has 2 heterocycles. The molecule has 1 aliphatic heterocycles. The first-order valence-corrected chi connectivity index (χ1v) is 9.32. The van der Waals surface area contributed by atoms with Crippen molar-refractivity contribution in [3.05, 3.63) is 30.1 Å². The van der Waals surface area contributed by atoms with Crippen LogP contribution in [-0.4, -0.2) is 51.7 Å². The molecule has 5 nitrogen and oxygen atoms in total. The number of hydrogen-bond acceptors (Lipinski definition) is 3. The van der Waals surface area contributed by atoms with Gasteiger partial charge in [0.1, 0.15) is 0 Å². The highest BCUT2D eigenvalue weighted by atomic mass is 16.2. The number of carbonyl (C=O) groups excluding carboxylic acids is 1. The van der Waals surface area contributed by atoms with E-state index in [1.807, 2.05) is 10.9 Å². The van der Waals surface area contributed by atoms with Gasteiger partial charge in [-0.1, -0.05) is 12.2 Å². The van der Waals surface area contributed by atoms with Crippen LogP contribution in [0.5, 0.6) is 0 Å². The Morgan fingerprint density at radius 1 is 1.25 bits per heavy atom. The minimum Gasteiger partial charge on any atom is -0.341 e. The van der Waals surface area contributed by atoms with E-state index in [0.29, 0.717) is 11.9 Å². The number of allylic oxidation sites excluding steroid dienone is 2. The molecular formula is C19H30N4O. The maximum atomic E-state index is 12.7. The predicted molar refractivity (Wildman–Crippen MR) is 95.6 cm³/mol. The zero-order chi connectivity index (χ0) is 16.9. The summed E-state index contributed by atoms with van der Waals surface area (Å²) in [6, 6.07) is 0.403. The van der Waals surface area contributed by atoms with E-state index >= 15 is 0 Å². The van der Waals surface area contributed by atoms with E-state index < -0.39 is 0 Å². The van der Waals surface area contributed by atoms with Crippen molar-refractivity contribution in [2.45, 2.75) is 52.1 Å². The normalized spacial score (nSPS) is 22.8. The van der Waals surface area contributed by atoms with Gasteiger partial charge >= 0.3 is 0 Å². The summed E-state index contributed by atoms with van der Waals surface area (Å²) < 4.78 is 2.01. The van der Waals surface area contributed by atoms with Crippen molar-refractivity contribution in [1.82, 2.24) is 19.6 Å². The summed E-state index contributed by atoms with van der Waals surface area (Å²) >= 11 is 0. The Balaban J connectivity index is 1.52. The standard InChI is InChI=1S/C19H30N4O/c1-16(2)23-15-17(13-20-23)14-21-9-6-10-22(12-11-21)19(24)18-7-4-3-5-8-18/h3-4,13,15-16,18H,5-12,14H2,1-2H3/t18-/m1/s1. The van der Waals surface area contributed by atoms with Crippen LogP contribution in [-0.2, 0) is 11.3 Å². The fraction of sp³-hybridized carbons (Fsp3) is 0.684. The molecule has 0 spiro atoms. The van der Waals surface area contributed by atoms with E-state index in [1.165, 1.54) is 5.56 Å². The minimum absolute atomic E-state index is 0.214. The average Bonchev–Trinajstić information content (AvgIpc) is 2.94. The summed E-state index contributed by atoms with van der Waals surface area (Å²) in [5.41, 5.74) is 1.26. The first kappa shape index (κ1) is 17.2. The number of rotatable bonds is 4. The van der Waals surface area contributed by atoms with Crippen LogP contribution >= 0.6 is 0 Å². The zero-order valence-electron chi connectivity index (χ0n) is 15.0. The lowest BCUT2D eigenvalue weighted by molar-refractivity contribution is -0.135. The van der Waals surface area contributed by atoms with Crippen LogP contribution < -0.4 is 0 Å². The number of hydrogen-bond donors (Lipinski definition) is 0. The van der Waals surface area contributed by atoms with E-state index in [1.54, 1.807) is 0 Å². The molecule has 1 saturated heterocycles. The fourth-order valence-electron chi connectivity index (χ4n) is 3.63. The molecule has 1 aromatic heterocycles. The van der Waals surface area contributed by atoms with Crippen molar-refractivity contribution in [3.63, 3.8) is 0 Å².